The van der Waals surface area contributed by atoms with Crippen molar-refractivity contribution in [3.8, 4) is 6.07 Å². The molecule has 2 rings (SSSR count). The van der Waals surface area contributed by atoms with Crippen LogP contribution in [0.15, 0.2) is 18.2 Å². The molecule has 0 bridgehead atoms. The minimum absolute atomic E-state index is 0.102. The first kappa shape index (κ1) is 18.6. The van der Waals surface area contributed by atoms with Gasteiger partial charge in [-0.3, -0.25) is 0 Å². The van der Waals surface area contributed by atoms with Crippen molar-refractivity contribution in [2.24, 2.45) is 0 Å². The Morgan fingerprint density at radius 3 is 2.79 bits per heavy atom. The SMILES string of the molecule is CCCCOC[C@H]1O[C@H](C)CN1c1ccc(C#N)c(C(F)(F)F)c1. The molecule has 1 fully saturated rings. The molecule has 1 saturated heterocycles. The number of ether oxygens (including phenoxy) is 2. The molecule has 7 heteroatoms. The highest BCUT2D eigenvalue weighted by Gasteiger charge is 2.36. The topological polar surface area (TPSA) is 45.5 Å². The smallest absolute Gasteiger partial charge is 0.377 e. The van der Waals surface area contributed by atoms with Gasteiger partial charge in [0.25, 0.3) is 0 Å². The van der Waals surface area contributed by atoms with Crippen LogP contribution in [0.25, 0.3) is 0 Å². The van der Waals surface area contributed by atoms with Crippen molar-refractivity contribution in [2.45, 2.75) is 45.2 Å². The molecule has 0 aromatic heterocycles. The van der Waals surface area contributed by atoms with Gasteiger partial charge >= 0.3 is 6.18 Å². The van der Waals surface area contributed by atoms with Crippen LogP contribution in [-0.2, 0) is 15.7 Å². The van der Waals surface area contributed by atoms with Crippen molar-refractivity contribution >= 4 is 5.69 Å². The van der Waals surface area contributed by atoms with Crippen molar-refractivity contribution < 1.29 is 22.6 Å². The van der Waals surface area contributed by atoms with Gasteiger partial charge in [-0.2, -0.15) is 18.4 Å². The lowest BCUT2D eigenvalue weighted by molar-refractivity contribution is -0.137. The summed E-state index contributed by atoms with van der Waals surface area (Å²) in [6, 6.07) is 5.33. The van der Waals surface area contributed by atoms with Crippen LogP contribution in [0, 0.1) is 11.3 Å². The fraction of sp³-hybridized carbons (Fsp3) is 0.588. The van der Waals surface area contributed by atoms with E-state index in [4.69, 9.17) is 14.7 Å². The summed E-state index contributed by atoms with van der Waals surface area (Å²) in [5.74, 6) is 0. The van der Waals surface area contributed by atoms with E-state index in [0.29, 0.717) is 25.4 Å². The second-order valence-electron chi connectivity index (χ2n) is 5.82. The standard InChI is InChI=1S/C17H21F3N2O2/c1-3-4-7-23-11-16-22(10-12(2)24-16)14-6-5-13(9-21)15(8-14)17(18,19)20/h5-6,8,12,16H,3-4,7,10-11H2,1-2H3/t12-,16-/m1/s1. The second kappa shape index (κ2) is 7.86. The van der Waals surface area contributed by atoms with Gasteiger partial charge in [0.05, 0.1) is 29.9 Å². The largest absolute Gasteiger partial charge is 0.417 e. The minimum Gasteiger partial charge on any atom is -0.377 e. The molecule has 1 aliphatic heterocycles. The molecule has 0 unspecified atom stereocenters. The Morgan fingerprint density at radius 2 is 2.17 bits per heavy atom. The van der Waals surface area contributed by atoms with Crippen molar-refractivity contribution in [3.63, 3.8) is 0 Å². The zero-order valence-corrected chi connectivity index (χ0v) is 13.8. The first-order chi connectivity index (χ1) is 11.4. The van der Waals surface area contributed by atoms with E-state index in [1.807, 2.05) is 6.92 Å². The summed E-state index contributed by atoms with van der Waals surface area (Å²) in [7, 11) is 0. The molecule has 0 amide bonds. The number of anilines is 1. The van der Waals surface area contributed by atoms with E-state index in [9.17, 15) is 13.2 Å². The first-order valence-corrected chi connectivity index (χ1v) is 7.98. The molecule has 1 aliphatic rings. The van der Waals surface area contributed by atoms with Gasteiger partial charge in [0.1, 0.15) is 0 Å². The van der Waals surface area contributed by atoms with E-state index in [2.05, 4.69) is 6.92 Å². The van der Waals surface area contributed by atoms with E-state index in [1.54, 1.807) is 11.0 Å². The van der Waals surface area contributed by atoms with E-state index in [-0.39, 0.29) is 11.7 Å². The predicted molar refractivity (Wildman–Crippen MR) is 83.6 cm³/mol. The van der Waals surface area contributed by atoms with E-state index in [0.717, 1.165) is 18.9 Å². The van der Waals surface area contributed by atoms with Crippen LogP contribution in [0.3, 0.4) is 0 Å². The van der Waals surface area contributed by atoms with Crippen LogP contribution in [0.2, 0.25) is 0 Å². The third-order valence-corrected chi connectivity index (χ3v) is 3.85. The molecule has 4 nitrogen and oxygen atoms in total. The molecule has 132 valence electrons. The molecule has 0 radical (unpaired) electrons. The Morgan fingerprint density at radius 1 is 1.42 bits per heavy atom. The summed E-state index contributed by atoms with van der Waals surface area (Å²) in [5, 5.41) is 8.89. The number of halogens is 3. The lowest BCUT2D eigenvalue weighted by Crippen LogP contribution is -2.34. The van der Waals surface area contributed by atoms with Gasteiger partial charge in [0.15, 0.2) is 6.23 Å². The van der Waals surface area contributed by atoms with Gasteiger partial charge in [-0.05, 0) is 31.5 Å². The van der Waals surface area contributed by atoms with Crippen LogP contribution in [0.1, 0.15) is 37.8 Å². The Hall–Kier alpha value is -1.78. The molecule has 24 heavy (non-hydrogen) atoms. The van der Waals surface area contributed by atoms with Gasteiger partial charge in [-0.15, -0.1) is 0 Å². The number of unbranched alkanes of at least 4 members (excludes halogenated alkanes) is 1. The van der Waals surface area contributed by atoms with Gasteiger partial charge in [0.2, 0.25) is 0 Å². The molecular weight excluding hydrogens is 321 g/mol. The zero-order valence-electron chi connectivity index (χ0n) is 13.8. The molecule has 0 saturated carbocycles. The predicted octanol–water partition coefficient (Wildman–Crippen LogP) is 3.94. The summed E-state index contributed by atoms with van der Waals surface area (Å²) < 4.78 is 50.7. The molecule has 0 aliphatic carbocycles. The van der Waals surface area contributed by atoms with Gasteiger partial charge in [-0.25, -0.2) is 0 Å². The van der Waals surface area contributed by atoms with Crippen LogP contribution in [0.5, 0.6) is 0 Å². The highest BCUT2D eigenvalue weighted by Crippen LogP contribution is 2.35. The van der Waals surface area contributed by atoms with Gasteiger partial charge in [-0.1, -0.05) is 13.3 Å². The Balaban J connectivity index is 2.20. The van der Waals surface area contributed by atoms with Crippen molar-refractivity contribution in [2.75, 3.05) is 24.7 Å². The second-order valence-corrected chi connectivity index (χ2v) is 5.82. The average Bonchev–Trinajstić information content (AvgIpc) is 2.91. The molecule has 0 N–H and O–H groups in total. The first-order valence-electron chi connectivity index (χ1n) is 7.98. The van der Waals surface area contributed by atoms with Crippen molar-refractivity contribution in [1.29, 1.82) is 5.26 Å². The van der Waals surface area contributed by atoms with Crippen LogP contribution in [0.4, 0.5) is 18.9 Å². The Kier molecular flexibility index (Phi) is 6.08. The van der Waals surface area contributed by atoms with Crippen LogP contribution < -0.4 is 4.90 Å². The average molecular weight is 342 g/mol. The lowest BCUT2D eigenvalue weighted by Gasteiger charge is -2.26. The summed E-state index contributed by atoms with van der Waals surface area (Å²) in [6.07, 6.45) is -3.16. The van der Waals surface area contributed by atoms with E-state index in [1.165, 1.54) is 12.1 Å². The number of nitriles is 1. The third kappa shape index (κ3) is 4.40. The molecule has 1 aromatic carbocycles. The zero-order chi connectivity index (χ0) is 17.7. The number of benzene rings is 1. The van der Waals surface area contributed by atoms with E-state index < -0.39 is 18.0 Å². The fourth-order valence-electron chi connectivity index (χ4n) is 2.65. The van der Waals surface area contributed by atoms with Crippen molar-refractivity contribution in [1.82, 2.24) is 0 Å². The monoisotopic (exact) mass is 342 g/mol. The van der Waals surface area contributed by atoms with Crippen LogP contribution in [-0.4, -0.2) is 32.1 Å². The number of hydrogen-bond donors (Lipinski definition) is 0. The molecule has 1 heterocycles. The summed E-state index contributed by atoms with van der Waals surface area (Å²) in [4.78, 5) is 1.76. The quantitative estimate of drug-likeness (QED) is 0.735. The Bertz CT molecular complexity index is 598. The van der Waals surface area contributed by atoms with Crippen molar-refractivity contribution in [3.05, 3.63) is 29.3 Å². The van der Waals surface area contributed by atoms with E-state index >= 15 is 0 Å². The molecule has 2 atom stereocenters. The normalized spacial score (nSPS) is 21.1. The maximum Gasteiger partial charge on any atom is 0.417 e. The van der Waals surface area contributed by atoms with Crippen LogP contribution >= 0.6 is 0 Å². The maximum atomic E-state index is 13.1. The maximum absolute atomic E-state index is 13.1. The minimum atomic E-state index is -4.57. The summed E-state index contributed by atoms with van der Waals surface area (Å²) in [5.41, 5.74) is -0.919. The number of hydrogen-bond acceptors (Lipinski definition) is 4. The lowest BCUT2D eigenvalue weighted by atomic mass is 10.1. The molecule has 1 aromatic rings. The molecule has 0 spiro atoms. The summed E-state index contributed by atoms with van der Waals surface area (Å²) in [6.45, 7) is 5.29. The Labute approximate surface area is 139 Å². The van der Waals surface area contributed by atoms with Gasteiger partial charge in [0, 0.05) is 18.8 Å². The molecular formula is C17H21F3N2O2. The highest BCUT2D eigenvalue weighted by molar-refractivity contribution is 5.55. The highest BCUT2D eigenvalue weighted by atomic mass is 19.4. The number of rotatable bonds is 6. The fourth-order valence-corrected chi connectivity index (χ4v) is 2.65. The van der Waals surface area contributed by atoms with Gasteiger partial charge < -0.3 is 14.4 Å². The number of alkyl halides is 3. The number of nitrogens with zero attached hydrogens (tertiary/aromatic N) is 2. The third-order valence-electron chi connectivity index (χ3n) is 3.85. The summed E-state index contributed by atoms with van der Waals surface area (Å²) >= 11 is 0.